The first kappa shape index (κ1) is 18.7. The molecular weight excluding hydrogens is 320 g/mol. The highest BCUT2D eigenvalue weighted by Gasteiger charge is 2.25. The molecule has 1 fully saturated rings. The van der Waals surface area contributed by atoms with Crippen molar-refractivity contribution in [3.8, 4) is 0 Å². The molecule has 0 aliphatic carbocycles. The highest BCUT2D eigenvalue weighted by atomic mass is 15.2. The lowest BCUT2D eigenvalue weighted by atomic mass is 9.95. The number of nitrogens with two attached hydrogens (primary N) is 1. The monoisotopic (exact) mass is 352 g/mol. The van der Waals surface area contributed by atoms with E-state index >= 15 is 0 Å². The maximum Gasteiger partial charge on any atom is 0.0400 e. The molecule has 1 aliphatic rings. The van der Waals surface area contributed by atoms with Crippen LogP contribution in [0.3, 0.4) is 0 Å². The predicted octanol–water partition coefficient (Wildman–Crippen LogP) is 4.04. The maximum atomic E-state index is 6.14. The van der Waals surface area contributed by atoms with E-state index in [9.17, 15) is 0 Å². The van der Waals surface area contributed by atoms with Crippen molar-refractivity contribution in [1.29, 1.82) is 0 Å². The fraction of sp³-hybridized carbons (Fsp3) is 0.455. The van der Waals surface area contributed by atoms with Gasteiger partial charge in [-0.2, -0.15) is 0 Å². The van der Waals surface area contributed by atoms with Crippen LogP contribution < -0.4 is 16.4 Å². The van der Waals surface area contributed by atoms with Gasteiger partial charge in [0.2, 0.25) is 0 Å². The van der Waals surface area contributed by atoms with Gasteiger partial charge in [-0.05, 0) is 54.7 Å². The van der Waals surface area contributed by atoms with Crippen molar-refractivity contribution in [3.63, 3.8) is 0 Å². The van der Waals surface area contributed by atoms with Crippen molar-refractivity contribution in [1.82, 2.24) is 4.90 Å². The number of hydrogen-bond acceptors (Lipinski definition) is 4. The van der Waals surface area contributed by atoms with Crippen LogP contribution in [0.2, 0.25) is 0 Å². The molecule has 2 aromatic carbocycles. The van der Waals surface area contributed by atoms with E-state index in [1.54, 1.807) is 0 Å². The summed E-state index contributed by atoms with van der Waals surface area (Å²) in [7, 11) is 1.94. The predicted molar refractivity (Wildman–Crippen MR) is 111 cm³/mol. The molecule has 0 spiro atoms. The zero-order chi connectivity index (χ0) is 18.4. The maximum absolute atomic E-state index is 6.14. The molecule has 1 heterocycles. The Labute approximate surface area is 157 Å². The minimum atomic E-state index is 0.381. The summed E-state index contributed by atoms with van der Waals surface area (Å²) in [5.41, 5.74) is 11.1. The lowest BCUT2D eigenvalue weighted by Crippen LogP contribution is -2.46. The van der Waals surface area contributed by atoms with Gasteiger partial charge in [-0.1, -0.05) is 31.2 Å². The van der Waals surface area contributed by atoms with Crippen molar-refractivity contribution in [2.45, 2.75) is 51.4 Å². The van der Waals surface area contributed by atoms with Crippen LogP contribution in [0.5, 0.6) is 0 Å². The third-order valence-corrected chi connectivity index (χ3v) is 5.43. The van der Waals surface area contributed by atoms with E-state index < -0.39 is 0 Å². The minimum Gasteiger partial charge on any atom is -0.388 e. The molecule has 4 heteroatoms. The highest BCUT2D eigenvalue weighted by molar-refractivity contribution is 5.53. The van der Waals surface area contributed by atoms with Crippen LogP contribution in [0.15, 0.2) is 48.5 Å². The second kappa shape index (κ2) is 9.06. The number of likely N-dealkylation sites (tertiary alicyclic amines) is 1. The van der Waals surface area contributed by atoms with E-state index in [2.05, 4.69) is 71.0 Å². The first-order chi connectivity index (χ1) is 12.7. The first-order valence-electron chi connectivity index (χ1n) is 9.77. The highest BCUT2D eigenvalue weighted by Crippen LogP contribution is 2.21. The zero-order valence-corrected chi connectivity index (χ0v) is 16.0. The van der Waals surface area contributed by atoms with Crippen LogP contribution in [-0.2, 0) is 13.1 Å². The van der Waals surface area contributed by atoms with Crippen LogP contribution in [0, 0.1) is 0 Å². The normalized spacial score (nSPS) is 20.7. The Bertz CT molecular complexity index is 666. The van der Waals surface area contributed by atoms with E-state index in [1.165, 1.54) is 17.5 Å². The summed E-state index contributed by atoms with van der Waals surface area (Å²) in [6, 6.07) is 18.4. The Morgan fingerprint density at radius 1 is 1.00 bits per heavy atom. The molecule has 2 atom stereocenters. The van der Waals surface area contributed by atoms with Crippen LogP contribution >= 0.6 is 0 Å². The fourth-order valence-corrected chi connectivity index (χ4v) is 3.72. The lowest BCUT2D eigenvalue weighted by Gasteiger charge is -2.38. The summed E-state index contributed by atoms with van der Waals surface area (Å²) in [6.45, 7) is 5.26. The van der Waals surface area contributed by atoms with E-state index in [1.807, 2.05) is 7.05 Å². The Balaban J connectivity index is 1.52. The van der Waals surface area contributed by atoms with Crippen molar-refractivity contribution in [3.05, 3.63) is 59.7 Å². The van der Waals surface area contributed by atoms with Gasteiger partial charge < -0.3 is 16.4 Å². The smallest absolute Gasteiger partial charge is 0.0400 e. The average Bonchev–Trinajstić information content (AvgIpc) is 2.69. The molecule has 1 aliphatic heterocycles. The van der Waals surface area contributed by atoms with Gasteiger partial charge in [-0.15, -0.1) is 0 Å². The molecule has 0 saturated carbocycles. The summed E-state index contributed by atoms with van der Waals surface area (Å²) in [4.78, 5) is 2.60. The molecule has 0 bridgehead atoms. The summed E-state index contributed by atoms with van der Waals surface area (Å²) < 4.78 is 0. The van der Waals surface area contributed by atoms with E-state index in [4.69, 9.17) is 5.73 Å². The van der Waals surface area contributed by atoms with Crippen LogP contribution in [0.4, 0.5) is 11.4 Å². The molecule has 1 saturated heterocycles. The van der Waals surface area contributed by atoms with Crippen LogP contribution in [0.25, 0.3) is 0 Å². The molecule has 0 amide bonds. The fourth-order valence-electron chi connectivity index (χ4n) is 3.72. The molecule has 0 aromatic heterocycles. The SMILES string of the molecule is CCC1CC(N)CCN1Cc1ccc(CNc2ccc(NC)cc2)cc1. The van der Waals surface area contributed by atoms with Gasteiger partial charge in [0.1, 0.15) is 0 Å². The number of benzene rings is 2. The summed E-state index contributed by atoms with van der Waals surface area (Å²) >= 11 is 0. The molecule has 0 radical (unpaired) electrons. The molecule has 140 valence electrons. The topological polar surface area (TPSA) is 53.3 Å². The Hall–Kier alpha value is -2.04. The number of hydrogen-bond donors (Lipinski definition) is 3. The van der Waals surface area contributed by atoms with Crippen molar-refractivity contribution < 1.29 is 0 Å². The van der Waals surface area contributed by atoms with Crippen molar-refractivity contribution in [2.24, 2.45) is 5.73 Å². The second-order valence-electron chi connectivity index (χ2n) is 7.31. The number of nitrogens with zero attached hydrogens (tertiary/aromatic N) is 1. The van der Waals surface area contributed by atoms with Gasteiger partial charge in [-0.25, -0.2) is 0 Å². The Kier molecular flexibility index (Phi) is 6.53. The van der Waals surface area contributed by atoms with E-state index in [-0.39, 0.29) is 0 Å². The molecule has 2 aromatic rings. The third kappa shape index (κ3) is 4.99. The van der Waals surface area contributed by atoms with Crippen LogP contribution in [-0.4, -0.2) is 30.6 Å². The van der Waals surface area contributed by atoms with Gasteiger partial charge in [0.15, 0.2) is 0 Å². The standard InChI is InChI=1S/C22H32N4/c1-3-22-14-19(23)12-13-26(22)16-18-6-4-17(5-7-18)15-25-21-10-8-20(24-2)9-11-21/h4-11,19,22,24-25H,3,12-16,23H2,1-2H3. The molecule has 4 N–H and O–H groups in total. The summed E-state index contributed by atoms with van der Waals surface area (Å²) in [5.74, 6) is 0. The second-order valence-corrected chi connectivity index (χ2v) is 7.31. The minimum absolute atomic E-state index is 0.381. The largest absolute Gasteiger partial charge is 0.388 e. The van der Waals surface area contributed by atoms with Gasteiger partial charge in [0.05, 0.1) is 0 Å². The van der Waals surface area contributed by atoms with Gasteiger partial charge >= 0.3 is 0 Å². The first-order valence-corrected chi connectivity index (χ1v) is 9.77. The number of anilines is 2. The number of nitrogens with one attached hydrogen (secondary N) is 2. The lowest BCUT2D eigenvalue weighted by molar-refractivity contribution is 0.124. The quantitative estimate of drug-likeness (QED) is 0.704. The zero-order valence-electron chi connectivity index (χ0n) is 16.0. The summed E-state index contributed by atoms with van der Waals surface area (Å²) in [6.07, 6.45) is 3.43. The molecule has 26 heavy (non-hydrogen) atoms. The van der Waals surface area contributed by atoms with Crippen LogP contribution in [0.1, 0.15) is 37.3 Å². The summed E-state index contributed by atoms with van der Waals surface area (Å²) in [5, 5.41) is 6.62. The number of rotatable bonds is 7. The molecule has 2 unspecified atom stereocenters. The molecular formula is C22H32N4. The van der Waals surface area contributed by atoms with Gasteiger partial charge in [0.25, 0.3) is 0 Å². The molecule has 4 nitrogen and oxygen atoms in total. The Morgan fingerprint density at radius 2 is 1.65 bits per heavy atom. The van der Waals surface area contributed by atoms with Gasteiger partial charge in [0, 0.05) is 50.1 Å². The van der Waals surface area contributed by atoms with Crippen molar-refractivity contribution in [2.75, 3.05) is 24.2 Å². The third-order valence-electron chi connectivity index (χ3n) is 5.43. The van der Waals surface area contributed by atoms with E-state index in [0.717, 1.165) is 43.9 Å². The van der Waals surface area contributed by atoms with Gasteiger partial charge in [-0.3, -0.25) is 4.90 Å². The van der Waals surface area contributed by atoms with E-state index in [0.29, 0.717) is 12.1 Å². The van der Waals surface area contributed by atoms with Crippen molar-refractivity contribution >= 4 is 11.4 Å². The molecule has 3 rings (SSSR count). The average molecular weight is 353 g/mol. The Morgan fingerprint density at radius 3 is 2.31 bits per heavy atom. The number of piperidine rings is 1.